The fourth-order valence-corrected chi connectivity index (χ4v) is 3.05. The molecule has 1 N–H and O–H groups in total. The molecule has 6 heteroatoms. The van der Waals surface area contributed by atoms with E-state index in [4.69, 9.17) is 4.74 Å². The predicted octanol–water partition coefficient (Wildman–Crippen LogP) is 4.91. The number of hydrogen-bond donors (Lipinski definition) is 1. The van der Waals surface area contributed by atoms with Gasteiger partial charge < -0.3 is 15.0 Å². The second-order valence-corrected chi connectivity index (χ2v) is 7.77. The highest BCUT2D eigenvalue weighted by atomic mass is 32.2. The minimum absolute atomic E-state index is 0.0942. The second-order valence-electron chi connectivity index (χ2n) is 6.78. The Labute approximate surface area is 165 Å². The first-order chi connectivity index (χ1) is 12.8. The fraction of sp³-hybridized carbons (Fsp3) is 0.333. The van der Waals surface area contributed by atoms with E-state index in [2.05, 4.69) is 25.2 Å². The van der Waals surface area contributed by atoms with Crippen molar-refractivity contribution in [3.63, 3.8) is 0 Å². The SMILES string of the molecule is Cc1ccc(C(C)C)cc1OCC(=O)Nc1ccccc1SC(=O)N(C)C. The fourth-order valence-electron chi connectivity index (χ4n) is 2.31. The van der Waals surface area contributed by atoms with Crippen molar-refractivity contribution in [3.05, 3.63) is 53.6 Å². The molecule has 0 radical (unpaired) electrons. The van der Waals surface area contributed by atoms with Crippen LogP contribution in [0, 0.1) is 6.92 Å². The van der Waals surface area contributed by atoms with Gasteiger partial charge in [0.25, 0.3) is 11.1 Å². The van der Waals surface area contributed by atoms with Crippen LogP contribution in [0.4, 0.5) is 10.5 Å². The van der Waals surface area contributed by atoms with Crippen LogP contribution in [0.3, 0.4) is 0 Å². The van der Waals surface area contributed by atoms with Crippen molar-refractivity contribution in [1.29, 1.82) is 0 Å². The van der Waals surface area contributed by atoms with Gasteiger partial charge in [-0.05, 0) is 53.9 Å². The Kier molecular flexibility index (Phi) is 7.30. The van der Waals surface area contributed by atoms with Crippen molar-refractivity contribution < 1.29 is 14.3 Å². The van der Waals surface area contributed by atoms with Gasteiger partial charge in [0.05, 0.1) is 5.69 Å². The lowest BCUT2D eigenvalue weighted by atomic mass is 10.0. The van der Waals surface area contributed by atoms with Crippen molar-refractivity contribution in [2.24, 2.45) is 0 Å². The van der Waals surface area contributed by atoms with E-state index >= 15 is 0 Å². The molecule has 0 saturated heterocycles. The molecule has 2 rings (SSSR count). The average Bonchev–Trinajstić information content (AvgIpc) is 2.62. The molecule has 2 aromatic rings. The lowest BCUT2D eigenvalue weighted by Gasteiger charge is -2.14. The van der Waals surface area contributed by atoms with Gasteiger partial charge in [-0.15, -0.1) is 0 Å². The molecule has 5 nitrogen and oxygen atoms in total. The summed E-state index contributed by atoms with van der Waals surface area (Å²) >= 11 is 1.07. The van der Waals surface area contributed by atoms with Gasteiger partial charge in [0, 0.05) is 19.0 Å². The zero-order chi connectivity index (χ0) is 20.0. The molecule has 0 saturated carbocycles. The van der Waals surface area contributed by atoms with Crippen molar-refractivity contribution in [2.45, 2.75) is 31.6 Å². The average molecular weight is 387 g/mol. The molecule has 0 spiro atoms. The first-order valence-corrected chi connectivity index (χ1v) is 9.61. The van der Waals surface area contributed by atoms with E-state index in [1.165, 1.54) is 10.5 Å². The van der Waals surface area contributed by atoms with Crippen LogP contribution in [0.5, 0.6) is 5.75 Å². The quantitative estimate of drug-likeness (QED) is 0.717. The molecule has 144 valence electrons. The summed E-state index contributed by atoms with van der Waals surface area (Å²) in [5.74, 6) is 0.830. The van der Waals surface area contributed by atoms with Crippen LogP contribution in [-0.2, 0) is 4.79 Å². The second kappa shape index (κ2) is 9.46. The topological polar surface area (TPSA) is 58.6 Å². The number of nitrogens with one attached hydrogen (secondary N) is 1. The van der Waals surface area contributed by atoms with E-state index in [1.807, 2.05) is 31.2 Å². The lowest BCUT2D eigenvalue weighted by Crippen LogP contribution is -2.21. The molecule has 0 bridgehead atoms. The number of nitrogens with zero attached hydrogens (tertiary/aromatic N) is 1. The summed E-state index contributed by atoms with van der Waals surface area (Å²) in [4.78, 5) is 26.5. The van der Waals surface area contributed by atoms with Gasteiger partial charge in [-0.2, -0.15) is 0 Å². The third-order valence-corrected chi connectivity index (χ3v) is 5.08. The van der Waals surface area contributed by atoms with Crippen LogP contribution in [0.25, 0.3) is 0 Å². The van der Waals surface area contributed by atoms with Crippen molar-refractivity contribution >= 4 is 28.6 Å². The summed E-state index contributed by atoms with van der Waals surface area (Å²) < 4.78 is 5.73. The Morgan fingerprint density at radius 2 is 1.85 bits per heavy atom. The Morgan fingerprint density at radius 3 is 2.52 bits per heavy atom. The molecule has 0 aliphatic rings. The molecule has 2 aromatic carbocycles. The lowest BCUT2D eigenvalue weighted by molar-refractivity contribution is -0.118. The number of anilines is 1. The van der Waals surface area contributed by atoms with E-state index in [9.17, 15) is 9.59 Å². The van der Waals surface area contributed by atoms with E-state index in [0.717, 1.165) is 17.3 Å². The molecule has 0 aromatic heterocycles. The summed E-state index contributed by atoms with van der Waals surface area (Å²) in [7, 11) is 3.38. The molecule has 27 heavy (non-hydrogen) atoms. The van der Waals surface area contributed by atoms with Gasteiger partial charge in [-0.1, -0.05) is 38.1 Å². The van der Waals surface area contributed by atoms with E-state index in [1.54, 1.807) is 26.2 Å². The first kappa shape index (κ1) is 20.8. The smallest absolute Gasteiger partial charge is 0.286 e. The zero-order valence-corrected chi connectivity index (χ0v) is 17.2. The Bertz CT molecular complexity index is 819. The number of ether oxygens (including phenoxy) is 1. The van der Waals surface area contributed by atoms with Crippen LogP contribution in [-0.4, -0.2) is 36.7 Å². The summed E-state index contributed by atoms with van der Waals surface area (Å²) in [5.41, 5.74) is 2.75. The third-order valence-electron chi connectivity index (χ3n) is 3.96. The van der Waals surface area contributed by atoms with Gasteiger partial charge in [-0.3, -0.25) is 9.59 Å². The number of aryl methyl sites for hydroxylation is 1. The number of carbonyl (C=O) groups is 2. The highest BCUT2D eigenvalue weighted by molar-refractivity contribution is 8.13. The van der Waals surface area contributed by atoms with Crippen LogP contribution in [0.1, 0.15) is 30.9 Å². The normalized spacial score (nSPS) is 10.6. The van der Waals surface area contributed by atoms with Gasteiger partial charge in [0.15, 0.2) is 6.61 Å². The number of benzene rings is 2. The van der Waals surface area contributed by atoms with Gasteiger partial charge in [0.1, 0.15) is 5.75 Å². The highest BCUT2D eigenvalue weighted by Crippen LogP contribution is 2.29. The standard InChI is InChI=1S/C21H26N2O3S/c1-14(2)16-11-10-15(3)18(12-16)26-13-20(24)22-17-8-6-7-9-19(17)27-21(25)23(4)5/h6-12,14H,13H2,1-5H3,(H,22,24). The summed E-state index contributed by atoms with van der Waals surface area (Å²) in [6, 6.07) is 13.3. The maximum atomic E-state index is 12.3. The molecule has 0 fully saturated rings. The minimum Gasteiger partial charge on any atom is -0.483 e. The Balaban J connectivity index is 2.03. The molecular weight excluding hydrogens is 360 g/mol. The molecule has 2 amide bonds. The molecule has 0 aliphatic heterocycles. The summed E-state index contributed by atoms with van der Waals surface area (Å²) in [6.45, 7) is 6.09. The molecule has 0 atom stereocenters. The molecule has 0 unspecified atom stereocenters. The number of carbonyl (C=O) groups excluding carboxylic acids is 2. The largest absolute Gasteiger partial charge is 0.483 e. The number of para-hydroxylation sites is 1. The Hall–Kier alpha value is -2.47. The minimum atomic E-state index is -0.269. The maximum Gasteiger partial charge on any atom is 0.286 e. The van der Waals surface area contributed by atoms with Crippen LogP contribution in [0.15, 0.2) is 47.4 Å². The highest BCUT2D eigenvalue weighted by Gasteiger charge is 2.13. The van der Waals surface area contributed by atoms with Crippen LogP contribution in [0.2, 0.25) is 0 Å². The summed E-state index contributed by atoms with van der Waals surface area (Å²) in [5, 5.41) is 2.72. The number of thioether (sulfide) groups is 1. The van der Waals surface area contributed by atoms with Crippen molar-refractivity contribution in [1.82, 2.24) is 4.90 Å². The van der Waals surface area contributed by atoms with Crippen LogP contribution >= 0.6 is 11.8 Å². The number of hydrogen-bond acceptors (Lipinski definition) is 4. The maximum absolute atomic E-state index is 12.3. The molecule has 0 heterocycles. The first-order valence-electron chi connectivity index (χ1n) is 8.79. The predicted molar refractivity (Wildman–Crippen MR) is 111 cm³/mol. The monoisotopic (exact) mass is 386 g/mol. The van der Waals surface area contributed by atoms with E-state index in [-0.39, 0.29) is 17.8 Å². The number of rotatable bonds is 6. The van der Waals surface area contributed by atoms with Gasteiger partial charge in [0.2, 0.25) is 0 Å². The van der Waals surface area contributed by atoms with Crippen molar-refractivity contribution in [3.8, 4) is 5.75 Å². The molecular formula is C21H26N2O3S. The van der Waals surface area contributed by atoms with E-state index < -0.39 is 0 Å². The Morgan fingerprint density at radius 1 is 1.15 bits per heavy atom. The number of amides is 2. The molecule has 0 aliphatic carbocycles. The third kappa shape index (κ3) is 6.03. The van der Waals surface area contributed by atoms with Gasteiger partial charge in [-0.25, -0.2) is 0 Å². The van der Waals surface area contributed by atoms with Crippen LogP contribution < -0.4 is 10.1 Å². The van der Waals surface area contributed by atoms with Crippen molar-refractivity contribution in [2.75, 3.05) is 26.0 Å². The zero-order valence-electron chi connectivity index (χ0n) is 16.4. The van der Waals surface area contributed by atoms with E-state index in [0.29, 0.717) is 22.3 Å². The summed E-state index contributed by atoms with van der Waals surface area (Å²) in [6.07, 6.45) is 0. The van der Waals surface area contributed by atoms with Gasteiger partial charge >= 0.3 is 0 Å².